The van der Waals surface area contributed by atoms with Gasteiger partial charge in [-0.2, -0.15) is 26.3 Å². The van der Waals surface area contributed by atoms with E-state index < -0.39 is 35.7 Å². The van der Waals surface area contributed by atoms with Gasteiger partial charge in [-0.25, -0.2) is 0 Å². The lowest BCUT2D eigenvalue weighted by atomic mass is 9.79. The molecular formula is C34H40F6N2O3. The summed E-state index contributed by atoms with van der Waals surface area (Å²) in [7, 11) is 0. The van der Waals surface area contributed by atoms with Crippen LogP contribution >= 0.6 is 0 Å². The zero-order valence-electron chi connectivity index (χ0n) is 25.4. The van der Waals surface area contributed by atoms with Crippen LogP contribution in [0.3, 0.4) is 0 Å². The van der Waals surface area contributed by atoms with Crippen molar-refractivity contribution in [2.75, 3.05) is 26.2 Å². The normalized spacial score (nSPS) is 25.6. The molecule has 2 aliphatic heterocycles. The number of piperidine rings is 2. The summed E-state index contributed by atoms with van der Waals surface area (Å²) < 4.78 is 87.2. The van der Waals surface area contributed by atoms with Crippen LogP contribution in [0.25, 0.3) is 0 Å². The number of carbonyl (C=O) groups excluding carboxylic acids is 2. The number of benzene rings is 2. The molecule has 2 saturated heterocycles. The average molecular weight is 639 g/mol. The molecule has 1 saturated carbocycles. The Balaban J connectivity index is 1.27. The van der Waals surface area contributed by atoms with E-state index in [-0.39, 0.29) is 41.2 Å². The van der Waals surface area contributed by atoms with E-state index in [0.29, 0.717) is 57.3 Å². The largest absolute Gasteiger partial charge is 0.416 e. The van der Waals surface area contributed by atoms with Crippen molar-refractivity contribution in [1.29, 1.82) is 0 Å². The number of hydrogen-bond acceptors (Lipinski definition) is 3. The number of likely N-dealkylation sites (tertiary alicyclic amines) is 2. The van der Waals surface area contributed by atoms with Gasteiger partial charge >= 0.3 is 12.4 Å². The van der Waals surface area contributed by atoms with Crippen LogP contribution < -0.4 is 0 Å². The van der Waals surface area contributed by atoms with Gasteiger partial charge < -0.3 is 14.5 Å². The molecule has 2 heterocycles. The van der Waals surface area contributed by atoms with Gasteiger partial charge in [-0.1, -0.05) is 30.3 Å². The zero-order chi connectivity index (χ0) is 32.4. The van der Waals surface area contributed by atoms with Crippen molar-refractivity contribution < 1.29 is 40.7 Å². The van der Waals surface area contributed by atoms with Gasteiger partial charge in [-0.15, -0.1) is 0 Å². The molecule has 45 heavy (non-hydrogen) atoms. The van der Waals surface area contributed by atoms with E-state index in [1.165, 1.54) is 6.92 Å². The van der Waals surface area contributed by atoms with Crippen molar-refractivity contribution >= 4 is 11.8 Å². The Morgan fingerprint density at radius 1 is 0.733 bits per heavy atom. The molecule has 5 rings (SSSR count). The van der Waals surface area contributed by atoms with Gasteiger partial charge in [0.2, 0.25) is 11.8 Å². The smallest absolute Gasteiger partial charge is 0.370 e. The molecule has 0 bridgehead atoms. The van der Waals surface area contributed by atoms with Gasteiger partial charge in [0.25, 0.3) is 0 Å². The fourth-order valence-corrected chi connectivity index (χ4v) is 7.09. The van der Waals surface area contributed by atoms with E-state index in [1.54, 1.807) is 0 Å². The van der Waals surface area contributed by atoms with Gasteiger partial charge in [0.1, 0.15) is 0 Å². The summed E-state index contributed by atoms with van der Waals surface area (Å²) in [5.41, 5.74) is -2.09. The standard InChI is InChI=1S/C34H40F6N2O3/c1-22(26-18-27(33(35,36)37)20-28(19-26)34(38,39)40)45-30-14-17-42(21-29(30)23-8-4-2-5-9-23)32(44)25-12-10-24(11-13-25)31(43)41-15-6-3-7-16-41/h2,4-5,8-9,18-20,22,24-25,29-30H,3,6-7,10-17,21H2,1H3/t22-,24-,25-,29+,30+/m1/s1. The van der Waals surface area contributed by atoms with E-state index in [2.05, 4.69) is 0 Å². The van der Waals surface area contributed by atoms with Gasteiger partial charge in [0.05, 0.1) is 23.3 Å². The first-order chi connectivity index (χ1) is 21.3. The third-order valence-corrected chi connectivity index (χ3v) is 9.64. The maximum absolute atomic E-state index is 13.7. The summed E-state index contributed by atoms with van der Waals surface area (Å²) in [6, 6.07) is 10.9. The molecule has 5 nitrogen and oxygen atoms in total. The second-order valence-electron chi connectivity index (χ2n) is 12.7. The molecule has 3 aliphatic rings. The van der Waals surface area contributed by atoms with Gasteiger partial charge in [-0.3, -0.25) is 9.59 Å². The Bertz CT molecular complexity index is 1290. The average Bonchev–Trinajstić information content (AvgIpc) is 3.04. The van der Waals surface area contributed by atoms with Crippen LogP contribution in [0.2, 0.25) is 0 Å². The van der Waals surface area contributed by atoms with Gasteiger partial charge in [0, 0.05) is 43.9 Å². The van der Waals surface area contributed by atoms with Gasteiger partial charge in [-0.05, 0) is 87.6 Å². The number of nitrogens with zero attached hydrogens (tertiary/aromatic N) is 2. The molecule has 3 fully saturated rings. The molecular weight excluding hydrogens is 598 g/mol. The highest BCUT2D eigenvalue weighted by atomic mass is 19.4. The lowest BCUT2D eigenvalue weighted by Crippen LogP contribution is -2.48. The Morgan fingerprint density at radius 3 is 1.80 bits per heavy atom. The maximum atomic E-state index is 13.7. The first-order valence-electron chi connectivity index (χ1n) is 15.9. The third kappa shape index (κ3) is 8.02. The van der Waals surface area contributed by atoms with Crippen molar-refractivity contribution in [2.45, 2.75) is 88.8 Å². The van der Waals surface area contributed by atoms with Crippen LogP contribution in [0, 0.1) is 11.8 Å². The second-order valence-corrected chi connectivity index (χ2v) is 12.7. The van der Waals surface area contributed by atoms with Crippen LogP contribution in [-0.4, -0.2) is 53.9 Å². The number of amides is 2. The minimum absolute atomic E-state index is 0.0269. The Kier molecular flexibility index (Phi) is 10.2. The van der Waals surface area contributed by atoms with E-state index in [4.69, 9.17) is 4.74 Å². The highest BCUT2D eigenvalue weighted by Gasteiger charge is 2.40. The van der Waals surface area contributed by atoms with Crippen molar-refractivity contribution in [2.24, 2.45) is 11.8 Å². The minimum Gasteiger partial charge on any atom is -0.370 e. The number of ether oxygens (including phenoxy) is 1. The number of hydrogen-bond donors (Lipinski definition) is 0. The minimum atomic E-state index is -4.95. The van der Waals surface area contributed by atoms with Crippen LogP contribution in [0.4, 0.5) is 26.3 Å². The fraction of sp³-hybridized carbons (Fsp3) is 0.588. The Hall–Kier alpha value is -3.08. The first kappa shape index (κ1) is 33.3. The third-order valence-electron chi connectivity index (χ3n) is 9.64. The van der Waals surface area contributed by atoms with Crippen LogP contribution in [-0.2, 0) is 26.7 Å². The molecule has 11 heteroatoms. The van der Waals surface area contributed by atoms with Crippen molar-refractivity contribution in [1.82, 2.24) is 9.80 Å². The summed E-state index contributed by atoms with van der Waals surface area (Å²) in [6.07, 6.45) is -5.24. The van der Waals surface area contributed by atoms with E-state index in [9.17, 15) is 35.9 Å². The summed E-state index contributed by atoms with van der Waals surface area (Å²) in [5, 5.41) is 0. The van der Waals surface area contributed by atoms with Crippen LogP contribution in [0.1, 0.15) is 92.6 Å². The lowest BCUT2D eigenvalue weighted by Gasteiger charge is -2.42. The van der Waals surface area contributed by atoms with E-state index in [0.717, 1.165) is 37.9 Å². The Morgan fingerprint density at radius 2 is 1.27 bits per heavy atom. The molecule has 0 N–H and O–H groups in total. The lowest BCUT2D eigenvalue weighted by molar-refractivity contribution is -0.144. The molecule has 2 aromatic carbocycles. The zero-order valence-corrected chi connectivity index (χ0v) is 25.4. The van der Waals surface area contributed by atoms with E-state index in [1.807, 2.05) is 40.1 Å². The van der Waals surface area contributed by atoms with Crippen molar-refractivity contribution in [3.8, 4) is 0 Å². The van der Waals surface area contributed by atoms with Crippen LogP contribution in [0.5, 0.6) is 0 Å². The molecule has 0 radical (unpaired) electrons. The molecule has 246 valence electrons. The second kappa shape index (κ2) is 13.7. The quantitative estimate of drug-likeness (QED) is 0.302. The Labute approximate surface area is 259 Å². The maximum Gasteiger partial charge on any atom is 0.416 e. The number of carbonyl (C=O) groups is 2. The highest BCUT2D eigenvalue weighted by molar-refractivity contribution is 5.81. The predicted molar refractivity (Wildman–Crippen MR) is 156 cm³/mol. The molecule has 0 aromatic heterocycles. The SMILES string of the molecule is C[C@@H](O[C@H]1CCN(C(=O)[C@H]2CC[C@H](C(=O)N3CCCCC3)CC2)C[C@H]1c1ccccc1)c1cc(C(F)(F)F)cc(C(F)(F)F)c1. The first-order valence-corrected chi connectivity index (χ1v) is 15.9. The molecule has 0 spiro atoms. The summed E-state index contributed by atoms with van der Waals surface area (Å²) in [6.45, 7) is 3.77. The topological polar surface area (TPSA) is 49.9 Å². The van der Waals surface area contributed by atoms with Crippen molar-refractivity contribution in [3.63, 3.8) is 0 Å². The van der Waals surface area contributed by atoms with Gasteiger partial charge in [0.15, 0.2) is 0 Å². The fourth-order valence-electron chi connectivity index (χ4n) is 7.09. The van der Waals surface area contributed by atoms with E-state index >= 15 is 0 Å². The summed E-state index contributed by atoms with van der Waals surface area (Å²) in [5.74, 6) is -0.317. The van der Waals surface area contributed by atoms with Crippen molar-refractivity contribution in [3.05, 3.63) is 70.8 Å². The monoisotopic (exact) mass is 638 g/mol. The molecule has 2 amide bonds. The number of alkyl halides is 6. The molecule has 1 aliphatic carbocycles. The summed E-state index contributed by atoms with van der Waals surface area (Å²) in [4.78, 5) is 30.5. The molecule has 3 atom stereocenters. The highest BCUT2D eigenvalue weighted by Crippen LogP contribution is 2.40. The number of halogens is 6. The summed E-state index contributed by atoms with van der Waals surface area (Å²) >= 11 is 0. The van der Waals surface area contributed by atoms with Crippen LogP contribution in [0.15, 0.2) is 48.5 Å². The number of rotatable bonds is 6. The molecule has 2 aromatic rings. The predicted octanol–water partition coefficient (Wildman–Crippen LogP) is 8.01. The molecule has 0 unspecified atom stereocenters.